The van der Waals surface area contributed by atoms with E-state index in [1.165, 1.54) is 32.1 Å². The van der Waals surface area contributed by atoms with Crippen molar-refractivity contribution in [1.29, 1.82) is 0 Å². The van der Waals surface area contributed by atoms with Crippen LogP contribution in [0.2, 0.25) is 0 Å². The van der Waals surface area contributed by atoms with E-state index in [-0.39, 0.29) is 11.9 Å². The summed E-state index contributed by atoms with van der Waals surface area (Å²) in [5, 5.41) is 6.98. The molecule has 2 rings (SSSR count). The van der Waals surface area contributed by atoms with Crippen molar-refractivity contribution in [3.63, 3.8) is 0 Å². The summed E-state index contributed by atoms with van der Waals surface area (Å²) in [4.78, 5) is 11.9. The predicted molar refractivity (Wildman–Crippen MR) is 75.3 cm³/mol. The molecule has 0 radical (unpaired) electrons. The fourth-order valence-electron chi connectivity index (χ4n) is 2.60. The molecule has 0 aliphatic heterocycles. The molecule has 1 saturated carbocycles. The van der Waals surface area contributed by atoms with Crippen LogP contribution in [0.1, 0.15) is 44.1 Å². The molecule has 1 aromatic rings. The predicted octanol–water partition coefficient (Wildman–Crippen LogP) is 2.66. The van der Waals surface area contributed by atoms with Crippen LogP contribution in [0.3, 0.4) is 0 Å². The summed E-state index contributed by atoms with van der Waals surface area (Å²) in [5.74, 6) is 0.646. The van der Waals surface area contributed by atoms with Crippen LogP contribution >= 0.6 is 11.3 Å². The van der Waals surface area contributed by atoms with Gasteiger partial charge in [0, 0.05) is 6.54 Å². The van der Waals surface area contributed by atoms with Crippen LogP contribution in [0.5, 0.6) is 0 Å². The van der Waals surface area contributed by atoms with Gasteiger partial charge < -0.3 is 11.1 Å². The van der Waals surface area contributed by atoms with Crippen molar-refractivity contribution in [2.75, 3.05) is 0 Å². The highest BCUT2D eigenvalue weighted by molar-refractivity contribution is 7.07. The summed E-state index contributed by atoms with van der Waals surface area (Å²) in [7, 11) is 0. The lowest BCUT2D eigenvalue weighted by molar-refractivity contribution is -0.122. The fraction of sp³-hybridized carbons (Fsp3) is 0.643. The third-order valence-corrected chi connectivity index (χ3v) is 4.43. The molecule has 0 aromatic carbocycles. The van der Waals surface area contributed by atoms with Gasteiger partial charge in [0.1, 0.15) is 0 Å². The van der Waals surface area contributed by atoms with Gasteiger partial charge in [-0.2, -0.15) is 11.3 Å². The Balaban J connectivity index is 1.70. The van der Waals surface area contributed by atoms with Crippen molar-refractivity contribution in [3.05, 3.63) is 22.4 Å². The van der Waals surface area contributed by atoms with E-state index in [4.69, 9.17) is 5.73 Å². The summed E-state index contributed by atoms with van der Waals surface area (Å²) in [5.41, 5.74) is 7.13. The van der Waals surface area contributed by atoms with Gasteiger partial charge in [0.15, 0.2) is 0 Å². The summed E-state index contributed by atoms with van der Waals surface area (Å²) in [6.07, 6.45) is 7.27. The van der Waals surface area contributed by atoms with E-state index in [2.05, 4.69) is 5.32 Å². The molecule has 3 N–H and O–H groups in total. The first kappa shape index (κ1) is 13.6. The molecule has 1 unspecified atom stereocenters. The quantitative estimate of drug-likeness (QED) is 0.861. The molecule has 0 bridgehead atoms. The highest BCUT2D eigenvalue weighted by Gasteiger charge is 2.20. The lowest BCUT2D eigenvalue weighted by Crippen LogP contribution is -2.41. The number of rotatable bonds is 5. The van der Waals surface area contributed by atoms with Crippen molar-refractivity contribution in [3.8, 4) is 0 Å². The Morgan fingerprint density at radius 2 is 2.22 bits per heavy atom. The molecule has 1 heterocycles. The third kappa shape index (κ3) is 4.10. The minimum atomic E-state index is -0.341. The zero-order valence-corrected chi connectivity index (χ0v) is 11.5. The fourth-order valence-corrected chi connectivity index (χ4v) is 3.27. The number of hydrogen-bond donors (Lipinski definition) is 2. The Morgan fingerprint density at radius 1 is 1.44 bits per heavy atom. The molecule has 18 heavy (non-hydrogen) atoms. The Bertz CT molecular complexity index is 358. The first-order valence-electron chi connectivity index (χ1n) is 6.80. The lowest BCUT2D eigenvalue weighted by atomic mass is 9.85. The van der Waals surface area contributed by atoms with E-state index in [0.29, 0.717) is 12.5 Å². The van der Waals surface area contributed by atoms with Gasteiger partial charge in [-0.3, -0.25) is 4.79 Å². The van der Waals surface area contributed by atoms with Crippen LogP contribution in [-0.2, 0) is 11.3 Å². The molecule has 1 aliphatic rings. The van der Waals surface area contributed by atoms with Crippen molar-refractivity contribution >= 4 is 17.2 Å². The van der Waals surface area contributed by atoms with Crippen LogP contribution in [-0.4, -0.2) is 11.9 Å². The number of amides is 1. The van der Waals surface area contributed by atoms with Crippen molar-refractivity contribution < 1.29 is 4.79 Å². The second kappa shape index (κ2) is 6.90. The van der Waals surface area contributed by atoms with E-state index in [9.17, 15) is 4.79 Å². The minimum Gasteiger partial charge on any atom is -0.351 e. The molecule has 1 aliphatic carbocycles. The molecule has 0 spiro atoms. The molecule has 1 fully saturated rings. The number of nitrogens with one attached hydrogen (secondary N) is 1. The third-order valence-electron chi connectivity index (χ3n) is 3.70. The molecule has 3 nitrogen and oxygen atoms in total. The van der Waals surface area contributed by atoms with Gasteiger partial charge >= 0.3 is 0 Å². The molecular weight excluding hydrogens is 244 g/mol. The lowest BCUT2D eigenvalue weighted by Gasteiger charge is -2.24. The van der Waals surface area contributed by atoms with Crippen LogP contribution < -0.4 is 11.1 Å². The smallest absolute Gasteiger partial charge is 0.237 e. The molecular formula is C14H22N2OS. The summed E-state index contributed by atoms with van der Waals surface area (Å²) >= 11 is 1.65. The van der Waals surface area contributed by atoms with Gasteiger partial charge in [0.2, 0.25) is 5.91 Å². The molecule has 100 valence electrons. The van der Waals surface area contributed by atoms with Crippen LogP contribution in [0.15, 0.2) is 16.8 Å². The summed E-state index contributed by atoms with van der Waals surface area (Å²) < 4.78 is 0. The maximum absolute atomic E-state index is 11.9. The standard InChI is InChI=1S/C14H22N2OS/c15-13(8-11-4-2-1-3-5-11)14(17)16-9-12-6-7-18-10-12/h6-7,10-11,13H,1-5,8-9,15H2,(H,16,17). The normalized spacial score (nSPS) is 18.5. The second-order valence-corrected chi connectivity index (χ2v) is 5.98. The second-order valence-electron chi connectivity index (χ2n) is 5.20. The number of nitrogens with two attached hydrogens (primary N) is 1. The van der Waals surface area contributed by atoms with E-state index in [1.54, 1.807) is 11.3 Å². The topological polar surface area (TPSA) is 55.1 Å². The first-order valence-corrected chi connectivity index (χ1v) is 7.74. The van der Waals surface area contributed by atoms with Crippen molar-refractivity contribution in [1.82, 2.24) is 5.32 Å². The Labute approximate surface area is 113 Å². The highest BCUT2D eigenvalue weighted by Crippen LogP contribution is 2.26. The average molecular weight is 266 g/mol. The van der Waals surface area contributed by atoms with Crippen LogP contribution in [0.25, 0.3) is 0 Å². The van der Waals surface area contributed by atoms with Gasteiger partial charge in [-0.25, -0.2) is 0 Å². The number of carbonyl (C=O) groups is 1. The molecule has 0 saturated heterocycles. The number of carbonyl (C=O) groups excluding carboxylic acids is 1. The van der Waals surface area contributed by atoms with Crippen LogP contribution in [0, 0.1) is 5.92 Å². The van der Waals surface area contributed by atoms with E-state index < -0.39 is 0 Å². The van der Waals surface area contributed by atoms with E-state index in [1.807, 2.05) is 16.8 Å². The monoisotopic (exact) mass is 266 g/mol. The van der Waals surface area contributed by atoms with Gasteiger partial charge in [-0.15, -0.1) is 0 Å². The Morgan fingerprint density at radius 3 is 2.89 bits per heavy atom. The molecule has 1 aromatic heterocycles. The van der Waals surface area contributed by atoms with Gasteiger partial charge in [-0.05, 0) is 34.7 Å². The maximum Gasteiger partial charge on any atom is 0.237 e. The number of thiophene rings is 1. The Hall–Kier alpha value is -0.870. The highest BCUT2D eigenvalue weighted by atomic mass is 32.1. The maximum atomic E-state index is 11.9. The summed E-state index contributed by atoms with van der Waals surface area (Å²) in [6.45, 7) is 0.598. The molecule has 4 heteroatoms. The van der Waals surface area contributed by atoms with Crippen molar-refractivity contribution in [2.24, 2.45) is 11.7 Å². The Kier molecular flexibility index (Phi) is 5.20. The molecule has 1 atom stereocenters. The minimum absolute atomic E-state index is 0.00762. The molecule has 1 amide bonds. The first-order chi connectivity index (χ1) is 8.75. The zero-order valence-electron chi connectivity index (χ0n) is 10.7. The van der Waals surface area contributed by atoms with Gasteiger partial charge in [-0.1, -0.05) is 32.1 Å². The van der Waals surface area contributed by atoms with E-state index >= 15 is 0 Å². The van der Waals surface area contributed by atoms with Crippen LogP contribution in [0.4, 0.5) is 0 Å². The van der Waals surface area contributed by atoms with E-state index in [0.717, 1.165) is 12.0 Å². The zero-order chi connectivity index (χ0) is 12.8. The van der Waals surface area contributed by atoms with Gasteiger partial charge in [0.05, 0.1) is 6.04 Å². The SMILES string of the molecule is NC(CC1CCCCC1)C(=O)NCc1ccsc1. The van der Waals surface area contributed by atoms with Crippen molar-refractivity contribution in [2.45, 2.75) is 51.1 Å². The van der Waals surface area contributed by atoms with Gasteiger partial charge in [0.25, 0.3) is 0 Å². The largest absolute Gasteiger partial charge is 0.351 e. The summed E-state index contributed by atoms with van der Waals surface area (Å²) in [6, 6.07) is 1.68. The average Bonchev–Trinajstić information content (AvgIpc) is 2.90. The number of hydrogen-bond acceptors (Lipinski definition) is 3.